The minimum atomic E-state index is -0.491. The second-order valence-corrected chi connectivity index (χ2v) is 7.32. The van der Waals surface area contributed by atoms with Crippen molar-refractivity contribution < 1.29 is 9.59 Å². The van der Waals surface area contributed by atoms with E-state index >= 15 is 0 Å². The lowest BCUT2D eigenvalue weighted by atomic mass is 9.79. The molecular weight excluding hydrogens is 358 g/mol. The van der Waals surface area contributed by atoms with Gasteiger partial charge in [-0.1, -0.05) is 54.2 Å². The molecule has 2 aromatic carbocycles. The first-order valence-electron chi connectivity index (χ1n) is 8.45. The molecule has 0 radical (unpaired) electrons. The highest BCUT2D eigenvalue weighted by Crippen LogP contribution is 2.42. The van der Waals surface area contributed by atoms with Crippen LogP contribution in [0, 0.1) is 11.3 Å². The molecule has 0 fully saturated rings. The molecule has 2 aromatic rings. The first-order valence-corrected chi connectivity index (χ1v) is 9.44. The average Bonchev–Trinajstić information content (AvgIpc) is 2.64. The maximum absolute atomic E-state index is 12.5. The van der Waals surface area contributed by atoms with Crippen LogP contribution in [-0.4, -0.2) is 17.4 Å². The van der Waals surface area contributed by atoms with Gasteiger partial charge < -0.3 is 11.1 Å². The van der Waals surface area contributed by atoms with Crippen molar-refractivity contribution in [1.29, 1.82) is 5.26 Å². The lowest BCUT2D eigenvalue weighted by Crippen LogP contribution is -2.28. The molecule has 0 unspecified atom stereocenters. The molecule has 6 heteroatoms. The fourth-order valence-corrected chi connectivity index (χ4v) is 4.28. The molecule has 1 aliphatic heterocycles. The van der Waals surface area contributed by atoms with Crippen molar-refractivity contribution >= 4 is 34.2 Å². The summed E-state index contributed by atoms with van der Waals surface area (Å²) in [6.45, 7) is 3.32. The van der Waals surface area contributed by atoms with E-state index in [2.05, 4.69) is 11.4 Å². The van der Waals surface area contributed by atoms with Gasteiger partial charge in [-0.25, -0.2) is 0 Å². The SMILES string of the molecule is CC(=O)C1=C(C)NC(SCC(N)=O)=C(C#N)[C@@H]1c1cccc2ccccc12. The molecule has 1 atom stereocenters. The number of amides is 1. The zero-order valence-corrected chi connectivity index (χ0v) is 15.9. The predicted molar refractivity (Wildman–Crippen MR) is 107 cm³/mol. The number of primary amides is 1. The molecule has 136 valence electrons. The van der Waals surface area contributed by atoms with Gasteiger partial charge in [0.05, 0.1) is 28.3 Å². The van der Waals surface area contributed by atoms with Gasteiger partial charge in [-0.2, -0.15) is 5.26 Å². The highest BCUT2D eigenvalue weighted by Gasteiger charge is 2.33. The van der Waals surface area contributed by atoms with Crippen LogP contribution in [0.1, 0.15) is 25.3 Å². The first kappa shape index (κ1) is 18.7. The number of Topliss-reactive ketones (excluding diaryl/α,β-unsaturated/α-hetero) is 1. The van der Waals surface area contributed by atoms with Crippen LogP contribution >= 0.6 is 11.8 Å². The second kappa shape index (κ2) is 7.68. The van der Waals surface area contributed by atoms with Crippen LogP contribution in [0.3, 0.4) is 0 Å². The smallest absolute Gasteiger partial charge is 0.227 e. The van der Waals surface area contributed by atoms with Crippen LogP contribution < -0.4 is 11.1 Å². The van der Waals surface area contributed by atoms with Gasteiger partial charge >= 0.3 is 0 Å². The van der Waals surface area contributed by atoms with Gasteiger partial charge in [0.25, 0.3) is 0 Å². The van der Waals surface area contributed by atoms with Crippen molar-refractivity contribution in [1.82, 2.24) is 5.32 Å². The summed E-state index contributed by atoms with van der Waals surface area (Å²) in [5, 5.41) is 15.6. The van der Waals surface area contributed by atoms with Crippen LogP contribution in [0.25, 0.3) is 10.8 Å². The van der Waals surface area contributed by atoms with Gasteiger partial charge in [0, 0.05) is 11.3 Å². The number of hydrogen-bond donors (Lipinski definition) is 2. The summed E-state index contributed by atoms with van der Waals surface area (Å²) in [5.41, 5.74) is 7.84. The number of carbonyl (C=O) groups excluding carboxylic acids is 2. The number of rotatable bonds is 5. The highest BCUT2D eigenvalue weighted by molar-refractivity contribution is 8.03. The summed E-state index contributed by atoms with van der Waals surface area (Å²) in [7, 11) is 0. The van der Waals surface area contributed by atoms with Gasteiger partial charge in [-0.15, -0.1) is 0 Å². The van der Waals surface area contributed by atoms with E-state index < -0.39 is 11.8 Å². The van der Waals surface area contributed by atoms with E-state index in [1.54, 1.807) is 0 Å². The number of fused-ring (bicyclic) bond motifs is 1. The van der Waals surface area contributed by atoms with E-state index in [1.807, 2.05) is 49.4 Å². The van der Waals surface area contributed by atoms with Crippen molar-refractivity contribution in [3.8, 4) is 6.07 Å². The maximum Gasteiger partial charge on any atom is 0.227 e. The maximum atomic E-state index is 12.5. The lowest BCUT2D eigenvalue weighted by molar-refractivity contribution is -0.115. The van der Waals surface area contributed by atoms with E-state index in [4.69, 9.17) is 5.73 Å². The van der Waals surface area contributed by atoms with Gasteiger partial charge in [0.2, 0.25) is 5.91 Å². The quantitative estimate of drug-likeness (QED) is 0.833. The third-order valence-corrected chi connectivity index (χ3v) is 5.56. The normalized spacial score (nSPS) is 16.9. The Labute approximate surface area is 161 Å². The number of nitrogens with two attached hydrogens (primary N) is 1. The monoisotopic (exact) mass is 377 g/mol. The van der Waals surface area contributed by atoms with Gasteiger partial charge in [-0.05, 0) is 30.2 Å². The average molecular weight is 377 g/mol. The van der Waals surface area contributed by atoms with E-state index in [9.17, 15) is 14.9 Å². The minimum Gasteiger partial charge on any atom is -0.369 e. The van der Waals surface area contributed by atoms with Gasteiger partial charge in [-0.3, -0.25) is 9.59 Å². The number of nitrogens with one attached hydrogen (secondary N) is 1. The van der Waals surface area contributed by atoms with Crippen molar-refractivity contribution in [3.05, 3.63) is 69.9 Å². The van der Waals surface area contributed by atoms with Crippen molar-refractivity contribution in [2.75, 3.05) is 5.75 Å². The summed E-state index contributed by atoms with van der Waals surface area (Å²) in [6, 6.07) is 16.0. The van der Waals surface area contributed by atoms with Crippen molar-refractivity contribution in [3.63, 3.8) is 0 Å². The standard InChI is InChI=1S/C21H19N3O2S/c1-12-19(13(2)25)20(17(10-22)21(24-12)27-11-18(23)26)16-9-5-7-14-6-3-4-8-15(14)16/h3-9,20,24H,11H2,1-2H3,(H2,23,26)/t20-/m0/s1. The van der Waals surface area contributed by atoms with E-state index in [-0.39, 0.29) is 11.5 Å². The molecule has 1 amide bonds. The minimum absolute atomic E-state index is 0.0540. The Kier molecular flexibility index (Phi) is 5.33. The molecule has 0 saturated heterocycles. The number of carbonyl (C=O) groups is 2. The molecule has 0 aliphatic carbocycles. The summed E-state index contributed by atoms with van der Waals surface area (Å²) >= 11 is 1.19. The molecule has 3 rings (SSSR count). The van der Waals surface area contributed by atoms with Gasteiger partial charge in [0.1, 0.15) is 0 Å². The van der Waals surface area contributed by atoms with E-state index in [1.165, 1.54) is 18.7 Å². The summed E-state index contributed by atoms with van der Waals surface area (Å²) in [4.78, 5) is 23.7. The Morgan fingerprint density at radius 3 is 2.59 bits per heavy atom. The van der Waals surface area contributed by atoms with Crippen LogP contribution in [-0.2, 0) is 9.59 Å². The highest BCUT2D eigenvalue weighted by atomic mass is 32.2. The van der Waals surface area contributed by atoms with E-state index in [0.29, 0.717) is 21.9 Å². The Morgan fingerprint density at radius 2 is 1.93 bits per heavy atom. The Bertz CT molecular complexity index is 1040. The molecule has 0 spiro atoms. The molecule has 1 heterocycles. The van der Waals surface area contributed by atoms with Gasteiger partial charge in [0.15, 0.2) is 5.78 Å². The largest absolute Gasteiger partial charge is 0.369 e. The zero-order chi connectivity index (χ0) is 19.6. The van der Waals surface area contributed by atoms with Crippen LogP contribution in [0.2, 0.25) is 0 Å². The molecule has 0 saturated carbocycles. The Hall–Kier alpha value is -3.04. The third kappa shape index (κ3) is 3.60. The predicted octanol–water partition coefficient (Wildman–Crippen LogP) is 3.34. The summed E-state index contributed by atoms with van der Waals surface area (Å²) in [5.74, 6) is -0.995. The Balaban J connectivity index is 2.25. The second-order valence-electron chi connectivity index (χ2n) is 6.33. The molecule has 3 N–H and O–H groups in total. The van der Waals surface area contributed by atoms with Crippen LogP contribution in [0.5, 0.6) is 0 Å². The third-order valence-electron chi connectivity index (χ3n) is 4.52. The zero-order valence-electron chi connectivity index (χ0n) is 15.1. The molecule has 0 aromatic heterocycles. The van der Waals surface area contributed by atoms with Crippen molar-refractivity contribution in [2.24, 2.45) is 5.73 Å². The molecule has 27 heavy (non-hydrogen) atoms. The number of nitriles is 1. The molecular formula is C21H19N3O2S. The topological polar surface area (TPSA) is 96.0 Å². The molecule has 0 bridgehead atoms. The number of ketones is 1. The lowest BCUT2D eigenvalue weighted by Gasteiger charge is -2.30. The summed E-state index contributed by atoms with van der Waals surface area (Å²) < 4.78 is 0. The molecule has 5 nitrogen and oxygen atoms in total. The number of allylic oxidation sites excluding steroid dienone is 3. The fourth-order valence-electron chi connectivity index (χ4n) is 3.45. The summed E-state index contributed by atoms with van der Waals surface area (Å²) in [6.07, 6.45) is 0. The molecule has 1 aliphatic rings. The first-order chi connectivity index (χ1) is 12.9. The fraction of sp³-hybridized carbons (Fsp3) is 0.190. The Morgan fingerprint density at radius 1 is 1.22 bits per heavy atom. The number of nitrogens with zero attached hydrogens (tertiary/aromatic N) is 1. The number of hydrogen-bond acceptors (Lipinski definition) is 5. The van der Waals surface area contributed by atoms with Crippen LogP contribution in [0.4, 0.5) is 0 Å². The van der Waals surface area contributed by atoms with E-state index in [0.717, 1.165) is 16.3 Å². The number of benzene rings is 2. The number of thioether (sulfide) groups is 1. The van der Waals surface area contributed by atoms with Crippen molar-refractivity contribution in [2.45, 2.75) is 19.8 Å². The number of dihydropyridines is 1. The van der Waals surface area contributed by atoms with Crippen LogP contribution in [0.15, 0.2) is 64.3 Å².